The van der Waals surface area contributed by atoms with Gasteiger partial charge in [0.05, 0.1) is 18.8 Å². The lowest BCUT2D eigenvalue weighted by atomic mass is 9.33. The summed E-state index contributed by atoms with van der Waals surface area (Å²) >= 11 is 0. The van der Waals surface area contributed by atoms with Gasteiger partial charge in [-0.2, -0.15) is 0 Å². The fourth-order valence-corrected chi connectivity index (χ4v) is 11.6. The maximum Gasteiger partial charge on any atom is 0.312 e. The van der Waals surface area contributed by atoms with E-state index in [1.54, 1.807) is 18.9 Å². The average molecular weight is 547 g/mol. The molecule has 4 fully saturated rings. The van der Waals surface area contributed by atoms with Crippen LogP contribution in [0, 0.1) is 56.7 Å². The van der Waals surface area contributed by atoms with Gasteiger partial charge in [0.25, 0.3) is 0 Å². The van der Waals surface area contributed by atoms with Crippen molar-refractivity contribution in [3.05, 3.63) is 41.4 Å². The van der Waals surface area contributed by atoms with Crippen LogP contribution in [0.4, 0.5) is 0 Å². The molecule has 4 saturated carbocycles. The first kappa shape index (κ1) is 28.0. The number of Topliss-reactive ketones (excluding diaryl/α,β-unsaturated/α-hetero) is 1. The first-order valence-corrected chi connectivity index (χ1v) is 15.8. The summed E-state index contributed by atoms with van der Waals surface area (Å²) in [5.41, 5.74) is 1.85. The zero-order valence-corrected chi connectivity index (χ0v) is 26.1. The molecule has 4 nitrogen and oxygen atoms in total. The molecule has 0 bridgehead atoms. The monoisotopic (exact) mass is 546 g/mol. The quantitative estimate of drug-likeness (QED) is 0.212. The van der Waals surface area contributed by atoms with Crippen molar-refractivity contribution in [3.8, 4) is 0 Å². The van der Waals surface area contributed by atoms with Gasteiger partial charge in [-0.3, -0.25) is 9.59 Å². The van der Waals surface area contributed by atoms with Crippen molar-refractivity contribution in [1.29, 1.82) is 0 Å². The molecule has 0 radical (unpaired) electrons. The summed E-state index contributed by atoms with van der Waals surface area (Å²) in [5.74, 6) is 3.21. The molecule has 5 aliphatic rings. The topological polar surface area (TPSA) is 56.5 Å². The number of furan rings is 1. The molecule has 4 heteroatoms. The molecule has 1 aromatic heterocycles. The predicted molar refractivity (Wildman–Crippen MR) is 158 cm³/mol. The van der Waals surface area contributed by atoms with Crippen molar-refractivity contribution in [2.24, 2.45) is 56.7 Å². The lowest BCUT2D eigenvalue weighted by molar-refractivity contribution is -0.187. The summed E-state index contributed by atoms with van der Waals surface area (Å²) in [5, 5.41) is 0. The van der Waals surface area contributed by atoms with Crippen LogP contribution >= 0.6 is 0 Å². The van der Waals surface area contributed by atoms with Crippen molar-refractivity contribution >= 4 is 17.8 Å². The lowest BCUT2D eigenvalue weighted by Crippen LogP contribution is -2.65. The molecule has 1 aromatic rings. The van der Waals surface area contributed by atoms with Gasteiger partial charge in [-0.25, -0.2) is 0 Å². The van der Waals surface area contributed by atoms with Gasteiger partial charge in [-0.1, -0.05) is 60.1 Å². The zero-order valence-electron chi connectivity index (χ0n) is 26.1. The highest BCUT2D eigenvalue weighted by Gasteiger charge is 2.70. The predicted octanol–water partition coefficient (Wildman–Crippen LogP) is 8.67. The number of carbonyl (C=O) groups is 2. The highest BCUT2D eigenvalue weighted by Crippen LogP contribution is 2.75. The van der Waals surface area contributed by atoms with Crippen molar-refractivity contribution in [1.82, 2.24) is 0 Å². The van der Waals surface area contributed by atoms with Gasteiger partial charge in [0.2, 0.25) is 0 Å². The van der Waals surface area contributed by atoms with E-state index in [4.69, 9.17) is 9.15 Å². The van der Waals surface area contributed by atoms with Crippen LogP contribution in [0.2, 0.25) is 0 Å². The van der Waals surface area contributed by atoms with Gasteiger partial charge in [-0.15, -0.1) is 0 Å². The lowest BCUT2D eigenvalue weighted by Gasteiger charge is -2.70. The molecule has 40 heavy (non-hydrogen) atoms. The second kappa shape index (κ2) is 8.95. The molecule has 1 heterocycles. The summed E-state index contributed by atoms with van der Waals surface area (Å²) in [7, 11) is 1.58. The molecule has 9 atom stereocenters. The van der Waals surface area contributed by atoms with E-state index in [1.807, 2.05) is 18.2 Å². The van der Waals surface area contributed by atoms with E-state index in [1.165, 1.54) is 0 Å². The van der Waals surface area contributed by atoms with E-state index in [0.29, 0.717) is 29.5 Å². The Morgan fingerprint density at radius 3 is 2.45 bits per heavy atom. The molecular weight excluding hydrogens is 496 g/mol. The number of hydrogen-bond acceptors (Lipinski definition) is 4. The highest BCUT2D eigenvalue weighted by atomic mass is 16.5. The van der Waals surface area contributed by atoms with E-state index >= 15 is 0 Å². The van der Waals surface area contributed by atoms with E-state index in [9.17, 15) is 9.59 Å². The Morgan fingerprint density at radius 2 is 1.77 bits per heavy atom. The second-order valence-electron chi connectivity index (χ2n) is 15.7. The largest absolute Gasteiger partial charge is 0.469 e. The van der Waals surface area contributed by atoms with E-state index in [0.717, 1.165) is 62.7 Å². The molecule has 0 aliphatic heterocycles. The Labute approximate surface area is 241 Å². The number of ether oxygens (including phenoxy) is 1. The van der Waals surface area contributed by atoms with Gasteiger partial charge in [0, 0.05) is 5.41 Å². The molecule has 6 rings (SSSR count). The van der Waals surface area contributed by atoms with Gasteiger partial charge in [-0.05, 0) is 121 Å². The van der Waals surface area contributed by atoms with Crippen molar-refractivity contribution in [2.75, 3.05) is 7.11 Å². The van der Waals surface area contributed by atoms with Gasteiger partial charge >= 0.3 is 5.97 Å². The molecule has 218 valence electrons. The second-order valence-corrected chi connectivity index (χ2v) is 15.7. The standard InChI is InChI=1S/C36H50O4/c1-22-13-16-36(31(38)39-8)18-17-34(6)26(29(36)23(22)2)11-12-28-33(5)21-24(20-25-10-9-19-40-25)30(37)32(3,4)27(33)14-15-35(28,34)7/h9-11,19-20,22-23,27-29H,12-18,21H2,1-8H3/b24-20+/t22-,23+,27+,28-,29+,33+,34-,35-,36+/m1/s1. The average Bonchev–Trinajstić information content (AvgIpc) is 3.42. The van der Waals surface area contributed by atoms with Gasteiger partial charge in [0.15, 0.2) is 5.78 Å². The minimum atomic E-state index is -0.405. The first-order chi connectivity index (χ1) is 18.8. The van der Waals surface area contributed by atoms with Crippen LogP contribution in [0.3, 0.4) is 0 Å². The molecule has 5 aliphatic carbocycles. The molecular formula is C36H50O4. The van der Waals surface area contributed by atoms with Crippen LogP contribution in [0.15, 0.2) is 40.0 Å². The first-order valence-electron chi connectivity index (χ1n) is 15.8. The summed E-state index contributed by atoms with van der Waals surface area (Å²) in [6.07, 6.45) is 14.4. The highest BCUT2D eigenvalue weighted by molar-refractivity contribution is 6.04. The van der Waals surface area contributed by atoms with Crippen molar-refractivity contribution in [3.63, 3.8) is 0 Å². The van der Waals surface area contributed by atoms with Crippen LogP contribution in [0.5, 0.6) is 0 Å². The molecule has 0 spiro atoms. The number of ketones is 1. The number of allylic oxidation sites excluding steroid dienone is 3. The smallest absolute Gasteiger partial charge is 0.312 e. The fraction of sp³-hybridized carbons (Fsp3) is 0.722. The van der Waals surface area contributed by atoms with E-state index in [-0.39, 0.29) is 33.5 Å². The van der Waals surface area contributed by atoms with Crippen molar-refractivity contribution < 1.29 is 18.7 Å². The third-order valence-corrected chi connectivity index (χ3v) is 14.0. The maximum absolute atomic E-state index is 13.9. The molecule has 0 saturated heterocycles. The summed E-state index contributed by atoms with van der Waals surface area (Å²) in [6.45, 7) is 16.8. The Balaban J connectivity index is 1.46. The van der Waals surface area contributed by atoms with Crippen LogP contribution in [0.1, 0.15) is 106 Å². The minimum Gasteiger partial charge on any atom is -0.469 e. The van der Waals surface area contributed by atoms with Crippen LogP contribution < -0.4 is 0 Å². The Morgan fingerprint density at radius 1 is 1.02 bits per heavy atom. The number of rotatable bonds is 2. The minimum absolute atomic E-state index is 0.0102. The van der Waals surface area contributed by atoms with Gasteiger partial charge in [0.1, 0.15) is 5.76 Å². The van der Waals surface area contributed by atoms with Crippen LogP contribution in [-0.4, -0.2) is 18.9 Å². The SMILES string of the molecule is COC(=O)[C@]12CC[C@@H](C)[C@H](C)[C@H]1C1=CC[C@@H]3[C@@]4(C)C/C(=C\c5ccco5)C(=O)C(C)(C)[C@@H]4CC[C@@]3(C)[C@]1(C)CC2. The Kier molecular flexibility index (Phi) is 6.27. The van der Waals surface area contributed by atoms with Crippen LogP contribution in [0.25, 0.3) is 6.08 Å². The number of carbonyl (C=O) groups excluding carboxylic acids is 2. The molecule has 0 aromatic carbocycles. The number of esters is 1. The van der Waals surface area contributed by atoms with Gasteiger partial charge < -0.3 is 9.15 Å². The summed E-state index contributed by atoms with van der Waals surface area (Å²) in [6, 6.07) is 3.84. The number of fused-ring (bicyclic) bond motifs is 7. The fourth-order valence-electron chi connectivity index (χ4n) is 11.6. The third-order valence-electron chi connectivity index (χ3n) is 14.0. The zero-order chi connectivity index (χ0) is 28.9. The summed E-state index contributed by atoms with van der Waals surface area (Å²) in [4.78, 5) is 27.4. The third kappa shape index (κ3) is 3.43. The normalized spacial score (nSPS) is 46.9. The van der Waals surface area contributed by atoms with Crippen LogP contribution in [-0.2, 0) is 14.3 Å². The number of methoxy groups -OCH3 is 1. The molecule has 0 unspecified atom stereocenters. The Hall–Kier alpha value is -2.10. The molecule has 0 N–H and O–H groups in total. The summed E-state index contributed by atoms with van der Waals surface area (Å²) < 4.78 is 11.2. The van der Waals surface area contributed by atoms with Crippen molar-refractivity contribution in [2.45, 2.75) is 99.8 Å². The maximum atomic E-state index is 13.9. The van der Waals surface area contributed by atoms with E-state index in [2.05, 4.69) is 54.5 Å². The Bertz CT molecular complexity index is 1270. The molecule has 0 amide bonds. The number of hydrogen-bond donors (Lipinski definition) is 0. The van der Waals surface area contributed by atoms with E-state index < -0.39 is 5.41 Å².